The van der Waals surface area contributed by atoms with Crippen molar-refractivity contribution in [3.63, 3.8) is 0 Å². The molecule has 0 unspecified atom stereocenters. The van der Waals surface area contributed by atoms with Crippen LogP contribution in [0.5, 0.6) is 5.75 Å². The Hall–Kier alpha value is -3.65. The van der Waals surface area contributed by atoms with E-state index in [1.54, 1.807) is 31.6 Å². The van der Waals surface area contributed by atoms with Gasteiger partial charge in [-0.15, -0.1) is 10.2 Å². The fourth-order valence-corrected chi connectivity index (χ4v) is 3.89. The average Bonchev–Trinajstić information content (AvgIpc) is 3.22. The number of anilines is 1. The second kappa shape index (κ2) is 9.44. The quantitative estimate of drug-likeness (QED) is 0.438. The molecule has 1 amide bonds. The molecule has 0 aliphatic heterocycles. The number of benzene rings is 2. The average molecular weight is 432 g/mol. The van der Waals surface area contributed by atoms with Gasteiger partial charge in [-0.1, -0.05) is 42.1 Å². The van der Waals surface area contributed by atoms with Crippen LogP contribution < -0.4 is 10.1 Å². The fourth-order valence-electron chi connectivity index (χ4n) is 3.15. The summed E-state index contributed by atoms with van der Waals surface area (Å²) in [5, 5.41) is 12.3. The standard InChI is InChI=1S/C23H21N5O2S/c1-16-7-3-5-9-19(16)28-22(17-11-13-24-14-12-17)26-27-23(28)31-15-21(29)25-18-8-4-6-10-20(18)30-2/h3-14H,15H2,1-2H3,(H,25,29). The van der Waals surface area contributed by atoms with Crippen molar-refractivity contribution in [1.29, 1.82) is 0 Å². The summed E-state index contributed by atoms with van der Waals surface area (Å²) in [5.41, 5.74) is 3.58. The van der Waals surface area contributed by atoms with E-state index < -0.39 is 0 Å². The van der Waals surface area contributed by atoms with Gasteiger partial charge in [-0.3, -0.25) is 14.3 Å². The van der Waals surface area contributed by atoms with Crippen LogP contribution in [0.3, 0.4) is 0 Å². The van der Waals surface area contributed by atoms with Gasteiger partial charge in [0.25, 0.3) is 0 Å². The maximum Gasteiger partial charge on any atom is 0.234 e. The molecule has 0 aliphatic rings. The van der Waals surface area contributed by atoms with Crippen LogP contribution in [0.2, 0.25) is 0 Å². The highest BCUT2D eigenvalue weighted by Crippen LogP contribution is 2.29. The first kappa shape index (κ1) is 20.6. The predicted molar refractivity (Wildman–Crippen MR) is 122 cm³/mol. The number of ether oxygens (including phenoxy) is 1. The Morgan fingerprint density at radius 1 is 1.03 bits per heavy atom. The largest absolute Gasteiger partial charge is 0.495 e. The van der Waals surface area contributed by atoms with Crippen LogP contribution >= 0.6 is 11.8 Å². The normalized spacial score (nSPS) is 10.6. The van der Waals surface area contributed by atoms with Crippen molar-refractivity contribution < 1.29 is 9.53 Å². The van der Waals surface area contributed by atoms with Crippen LogP contribution in [0.15, 0.2) is 78.2 Å². The van der Waals surface area contributed by atoms with Gasteiger partial charge >= 0.3 is 0 Å². The highest BCUT2D eigenvalue weighted by Gasteiger charge is 2.18. The van der Waals surface area contributed by atoms with E-state index in [1.807, 2.05) is 60.0 Å². The van der Waals surface area contributed by atoms with Crippen LogP contribution in [-0.4, -0.2) is 38.5 Å². The van der Waals surface area contributed by atoms with Gasteiger partial charge < -0.3 is 10.1 Å². The van der Waals surface area contributed by atoms with Crippen molar-refractivity contribution in [2.45, 2.75) is 12.1 Å². The Balaban J connectivity index is 1.61. The Kier molecular flexibility index (Phi) is 6.28. The number of nitrogens with zero attached hydrogens (tertiary/aromatic N) is 4. The van der Waals surface area contributed by atoms with Crippen molar-refractivity contribution in [3.05, 3.63) is 78.6 Å². The van der Waals surface area contributed by atoms with E-state index in [2.05, 4.69) is 20.5 Å². The molecule has 0 saturated carbocycles. The summed E-state index contributed by atoms with van der Waals surface area (Å²) >= 11 is 1.33. The number of carbonyl (C=O) groups excluding carboxylic acids is 1. The lowest BCUT2D eigenvalue weighted by molar-refractivity contribution is -0.113. The molecule has 1 N–H and O–H groups in total. The molecule has 2 heterocycles. The third kappa shape index (κ3) is 4.59. The molecule has 2 aromatic carbocycles. The van der Waals surface area contributed by atoms with Gasteiger partial charge in [-0.2, -0.15) is 0 Å². The molecular weight excluding hydrogens is 410 g/mol. The van der Waals surface area contributed by atoms with Crippen molar-refractivity contribution >= 4 is 23.4 Å². The lowest BCUT2D eigenvalue weighted by Gasteiger charge is -2.13. The molecule has 0 bridgehead atoms. The maximum atomic E-state index is 12.6. The summed E-state index contributed by atoms with van der Waals surface area (Å²) in [6, 6.07) is 19.1. The molecule has 0 radical (unpaired) electrons. The number of nitrogens with one attached hydrogen (secondary N) is 1. The molecule has 2 aromatic heterocycles. The fraction of sp³-hybridized carbons (Fsp3) is 0.130. The minimum absolute atomic E-state index is 0.153. The number of amides is 1. The van der Waals surface area contributed by atoms with Gasteiger partial charge in [0.1, 0.15) is 5.75 Å². The van der Waals surface area contributed by atoms with Crippen molar-refractivity contribution in [2.24, 2.45) is 0 Å². The maximum absolute atomic E-state index is 12.6. The number of pyridine rings is 1. The SMILES string of the molecule is COc1ccccc1NC(=O)CSc1nnc(-c2ccncc2)n1-c1ccccc1C. The summed E-state index contributed by atoms with van der Waals surface area (Å²) in [5.74, 6) is 1.34. The second-order valence-electron chi connectivity index (χ2n) is 6.70. The van der Waals surface area contributed by atoms with Crippen molar-refractivity contribution in [2.75, 3.05) is 18.2 Å². The summed E-state index contributed by atoms with van der Waals surface area (Å²) in [4.78, 5) is 16.7. The van der Waals surface area contributed by atoms with E-state index in [1.165, 1.54) is 11.8 Å². The van der Waals surface area contributed by atoms with E-state index >= 15 is 0 Å². The zero-order chi connectivity index (χ0) is 21.6. The van der Waals surface area contributed by atoms with Crippen LogP contribution in [-0.2, 0) is 4.79 Å². The molecule has 0 spiro atoms. The molecular formula is C23H21N5O2S. The topological polar surface area (TPSA) is 81.9 Å². The molecule has 0 atom stereocenters. The Morgan fingerprint density at radius 3 is 2.55 bits per heavy atom. The molecule has 4 aromatic rings. The molecule has 156 valence electrons. The minimum Gasteiger partial charge on any atom is -0.495 e. The second-order valence-corrected chi connectivity index (χ2v) is 7.64. The smallest absolute Gasteiger partial charge is 0.234 e. The summed E-state index contributed by atoms with van der Waals surface area (Å²) in [6.07, 6.45) is 3.44. The Labute approximate surface area is 184 Å². The molecule has 7 nitrogen and oxygen atoms in total. The monoisotopic (exact) mass is 431 g/mol. The van der Waals surface area contributed by atoms with Crippen molar-refractivity contribution in [1.82, 2.24) is 19.7 Å². The molecule has 0 aliphatic carbocycles. The summed E-state index contributed by atoms with van der Waals surface area (Å²) in [7, 11) is 1.57. The number of rotatable bonds is 7. The number of carbonyl (C=O) groups is 1. The van der Waals surface area contributed by atoms with Gasteiger partial charge in [0, 0.05) is 18.0 Å². The lowest BCUT2D eigenvalue weighted by Crippen LogP contribution is -2.15. The highest BCUT2D eigenvalue weighted by atomic mass is 32.2. The third-order valence-corrected chi connectivity index (χ3v) is 5.57. The Bertz CT molecular complexity index is 1190. The van der Waals surface area contributed by atoms with E-state index in [0.29, 0.717) is 22.4 Å². The number of hydrogen-bond donors (Lipinski definition) is 1. The van der Waals surface area contributed by atoms with Gasteiger partial charge in [0.15, 0.2) is 11.0 Å². The van der Waals surface area contributed by atoms with Crippen LogP contribution in [0.25, 0.3) is 17.1 Å². The van der Waals surface area contributed by atoms with Gasteiger partial charge in [0.2, 0.25) is 5.91 Å². The van der Waals surface area contributed by atoms with E-state index in [4.69, 9.17) is 4.74 Å². The number of thioether (sulfide) groups is 1. The number of hydrogen-bond acceptors (Lipinski definition) is 6. The van der Waals surface area contributed by atoms with Gasteiger partial charge in [-0.05, 0) is 42.8 Å². The van der Waals surface area contributed by atoms with Gasteiger partial charge in [-0.25, -0.2) is 0 Å². The van der Waals surface area contributed by atoms with E-state index in [9.17, 15) is 4.79 Å². The third-order valence-electron chi connectivity index (χ3n) is 4.64. The van der Waals surface area contributed by atoms with E-state index in [0.717, 1.165) is 16.8 Å². The molecule has 8 heteroatoms. The van der Waals surface area contributed by atoms with Crippen molar-refractivity contribution in [3.8, 4) is 22.8 Å². The van der Waals surface area contributed by atoms with E-state index in [-0.39, 0.29) is 11.7 Å². The number of methoxy groups -OCH3 is 1. The first-order valence-corrected chi connectivity index (χ1v) is 10.6. The zero-order valence-electron chi connectivity index (χ0n) is 17.1. The first-order valence-electron chi connectivity index (χ1n) is 9.65. The highest BCUT2D eigenvalue weighted by molar-refractivity contribution is 7.99. The van der Waals surface area contributed by atoms with Crippen LogP contribution in [0, 0.1) is 6.92 Å². The minimum atomic E-state index is -0.153. The molecule has 4 rings (SSSR count). The van der Waals surface area contributed by atoms with Crippen LogP contribution in [0.4, 0.5) is 5.69 Å². The van der Waals surface area contributed by atoms with Gasteiger partial charge in [0.05, 0.1) is 24.2 Å². The Morgan fingerprint density at radius 2 is 1.77 bits per heavy atom. The molecule has 31 heavy (non-hydrogen) atoms. The first-order chi connectivity index (χ1) is 15.2. The predicted octanol–water partition coefficient (Wildman–Crippen LogP) is 4.38. The summed E-state index contributed by atoms with van der Waals surface area (Å²) < 4.78 is 7.28. The zero-order valence-corrected chi connectivity index (χ0v) is 18.0. The number of para-hydroxylation sites is 3. The molecule has 0 fully saturated rings. The van der Waals surface area contributed by atoms with Crippen LogP contribution in [0.1, 0.15) is 5.56 Å². The number of aromatic nitrogens is 4. The lowest BCUT2D eigenvalue weighted by atomic mass is 10.2. The summed E-state index contributed by atoms with van der Waals surface area (Å²) in [6.45, 7) is 2.04. The number of aryl methyl sites for hydroxylation is 1. The molecule has 0 saturated heterocycles.